The number of carbonyl (C=O) groups excluding carboxylic acids is 1. The minimum absolute atomic E-state index is 0. The summed E-state index contributed by atoms with van der Waals surface area (Å²) in [5.74, 6) is 1.70. The van der Waals surface area contributed by atoms with E-state index in [1.165, 1.54) is 24.8 Å². The van der Waals surface area contributed by atoms with Gasteiger partial charge in [0.1, 0.15) is 5.75 Å². The number of benzene rings is 1. The van der Waals surface area contributed by atoms with Crippen LogP contribution in [0.3, 0.4) is 0 Å². The molecule has 1 aliphatic heterocycles. The van der Waals surface area contributed by atoms with Crippen LogP contribution in [-0.2, 0) is 11.3 Å². The molecular formula is C23H39Cl2N3O2. The fourth-order valence-corrected chi connectivity index (χ4v) is 4.75. The normalized spacial score (nSPS) is 19.3. The van der Waals surface area contributed by atoms with E-state index in [0.29, 0.717) is 18.9 Å². The van der Waals surface area contributed by atoms with Crippen molar-refractivity contribution in [3.63, 3.8) is 0 Å². The van der Waals surface area contributed by atoms with Crippen LogP contribution in [0.2, 0.25) is 0 Å². The van der Waals surface area contributed by atoms with E-state index >= 15 is 0 Å². The molecule has 0 unspecified atom stereocenters. The minimum atomic E-state index is 0. The van der Waals surface area contributed by atoms with Crippen LogP contribution in [0.15, 0.2) is 24.3 Å². The van der Waals surface area contributed by atoms with Crippen LogP contribution < -0.4 is 15.8 Å². The monoisotopic (exact) mass is 459 g/mol. The first kappa shape index (κ1) is 27.0. The van der Waals surface area contributed by atoms with E-state index in [4.69, 9.17) is 10.5 Å². The van der Waals surface area contributed by atoms with Crippen molar-refractivity contribution < 1.29 is 9.53 Å². The van der Waals surface area contributed by atoms with Gasteiger partial charge in [0.2, 0.25) is 5.91 Å². The Hall–Kier alpha value is -1.01. The third-order valence-electron chi connectivity index (χ3n) is 6.74. The predicted octanol–water partition coefficient (Wildman–Crippen LogP) is 4.17. The summed E-state index contributed by atoms with van der Waals surface area (Å²) in [5.41, 5.74) is 7.41. The van der Waals surface area contributed by atoms with E-state index in [0.717, 1.165) is 57.6 Å². The first-order valence-corrected chi connectivity index (χ1v) is 10.9. The average molecular weight is 460 g/mol. The van der Waals surface area contributed by atoms with Gasteiger partial charge in [0.05, 0.1) is 7.11 Å². The highest BCUT2D eigenvalue weighted by atomic mass is 35.5. The van der Waals surface area contributed by atoms with Crippen molar-refractivity contribution in [2.75, 3.05) is 33.3 Å². The molecule has 30 heavy (non-hydrogen) atoms. The van der Waals surface area contributed by atoms with Crippen LogP contribution >= 0.6 is 24.8 Å². The third kappa shape index (κ3) is 7.92. The highest BCUT2D eigenvalue weighted by molar-refractivity contribution is 5.85. The smallest absolute Gasteiger partial charge is 0.220 e. The molecule has 5 nitrogen and oxygen atoms in total. The van der Waals surface area contributed by atoms with Gasteiger partial charge in [-0.2, -0.15) is 0 Å². The standard InChI is InChI=1S/C23H37N3O2.2ClH/c1-28-21-7-5-20(6-8-21)17-26-13-9-19(10-14-26)16-25-22(27)15-23(18-24)11-3-2-4-12-23;;/h5-8,19H,2-4,9-18,24H2,1H3,(H,25,27);2*1H. The zero-order valence-electron chi connectivity index (χ0n) is 18.2. The summed E-state index contributed by atoms with van der Waals surface area (Å²) >= 11 is 0. The molecular weight excluding hydrogens is 421 g/mol. The van der Waals surface area contributed by atoms with Crippen LogP contribution in [0.5, 0.6) is 5.75 Å². The molecule has 1 aromatic carbocycles. The zero-order chi connectivity index (χ0) is 19.8. The van der Waals surface area contributed by atoms with Crippen LogP contribution in [0.25, 0.3) is 0 Å². The lowest BCUT2D eigenvalue weighted by Crippen LogP contribution is -2.41. The molecule has 0 spiro atoms. The van der Waals surface area contributed by atoms with Gasteiger partial charge in [-0.15, -0.1) is 24.8 Å². The number of nitrogens with one attached hydrogen (secondary N) is 1. The molecule has 172 valence electrons. The summed E-state index contributed by atoms with van der Waals surface area (Å²) in [7, 11) is 1.70. The summed E-state index contributed by atoms with van der Waals surface area (Å²) in [5, 5.41) is 3.21. The Morgan fingerprint density at radius 2 is 1.77 bits per heavy atom. The molecule has 2 aliphatic rings. The van der Waals surface area contributed by atoms with Gasteiger partial charge < -0.3 is 15.8 Å². The number of rotatable bonds is 8. The van der Waals surface area contributed by atoms with Crippen LogP contribution in [0.4, 0.5) is 0 Å². The first-order valence-electron chi connectivity index (χ1n) is 10.9. The van der Waals surface area contributed by atoms with Crippen LogP contribution in [0, 0.1) is 11.3 Å². The van der Waals surface area contributed by atoms with Crippen molar-refractivity contribution in [3.8, 4) is 5.75 Å². The second-order valence-electron chi connectivity index (χ2n) is 8.81. The minimum Gasteiger partial charge on any atom is -0.497 e. The van der Waals surface area contributed by atoms with E-state index in [9.17, 15) is 4.79 Å². The van der Waals surface area contributed by atoms with Gasteiger partial charge in [-0.1, -0.05) is 31.4 Å². The lowest BCUT2D eigenvalue weighted by atomic mass is 9.71. The molecule has 1 saturated carbocycles. The lowest BCUT2D eigenvalue weighted by molar-refractivity contribution is -0.124. The van der Waals surface area contributed by atoms with Gasteiger partial charge in [-0.25, -0.2) is 0 Å². The Bertz CT molecular complexity index is 613. The van der Waals surface area contributed by atoms with Gasteiger partial charge >= 0.3 is 0 Å². The molecule has 7 heteroatoms. The summed E-state index contributed by atoms with van der Waals surface area (Å²) in [6.45, 7) is 4.64. The molecule has 1 aliphatic carbocycles. The zero-order valence-corrected chi connectivity index (χ0v) is 19.9. The maximum Gasteiger partial charge on any atom is 0.220 e. The van der Waals surface area contributed by atoms with Crippen molar-refractivity contribution >= 4 is 30.7 Å². The summed E-state index contributed by atoms with van der Waals surface area (Å²) in [6.07, 6.45) is 8.87. The van der Waals surface area contributed by atoms with Gasteiger partial charge in [-0.05, 0) is 74.3 Å². The van der Waals surface area contributed by atoms with E-state index in [-0.39, 0.29) is 36.1 Å². The number of ether oxygens (including phenoxy) is 1. The molecule has 1 saturated heterocycles. The molecule has 1 amide bonds. The van der Waals surface area contributed by atoms with Gasteiger partial charge in [0.15, 0.2) is 0 Å². The number of likely N-dealkylation sites (tertiary alicyclic amines) is 1. The summed E-state index contributed by atoms with van der Waals surface area (Å²) in [6, 6.07) is 8.34. The quantitative estimate of drug-likeness (QED) is 0.611. The van der Waals surface area contributed by atoms with Crippen molar-refractivity contribution in [1.29, 1.82) is 0 Å². The number of nitrogens with two attached hydrogens (primary N) is 1. The lowest BCUT2D eigenvalue weighted by Gasteiger charge is -2.36. The van der Waals surface area contributed by atoms with Crippen LogP contribution in [0.1, 0.15) is 56.9 Å². The SMILES string of the molecule is COc1ccc(CN2CCC(CNC(=O)CC3(CN)CCCCC3)CC2)cc1.Cl.Cl. The summed E-state index contributed by atoms with van der Waals surface area (Å²) in [4.78, 5) is 15.0. The van der Waals surface area contributed by atoms with Crippen LogP contribution in [-0.4, -0.2) is 44.1 Å². The number of piperidine rings is 1. The topological polar surface area (TPSA) is 67.6 Å². The Labute approximate surface area is 194 Å². The maximum absolute atomic E-state index is 12.5. The Morgan fingerprint density at radius 3 is 2.33 bits per heavy atom. The number of hydrogen-bond acceptors (Lipinski definition) is 4. The summed E-state index contributed by atoms with van der Waals surface area (Å²) < 4.78 is 5.23. The second kappa shape index (κ2) is 13.4. The van der Waals surface area contributed by atoms with Crippen molar-refractivity contribution in [2.45, 2.75) is 57.9 Å². The highest BCUT2D eigenvalue weighted by Gasteiger charge is 2.33. The van der Waals surface area contributed by atoms with E-state index in [1.54, 1.807) is 7.11 Å². The first-order chi connectivity index (χ1) is 13.6. The fourth-order valence-electron chi connectivity index (χ4n) is 4.75. The molecule has 1 aromatic rings. The Morgan fingerprint density at radius 1 is 1.13 bits per heavy atom. The highest BCUT2D eigenvalue weighted by Crippen LogP contribution is 2.38. The molecule has 0 radical (unpaired) electrons. The molecule has 0 aromatic heterocycles. The van der Waals surface area contributed by atoms with E-state index < -0.39 is 0 Å². The van der Waals surface area contributed by atoms with Gasteiger partial charge in [0, 0.05) is 19.5 Å². The number of amides is 1. The Balaban J connectivity index is 0.00000225. The number of carbonyl (C=O) groups is 1. The second-order valence-corrected chi connectivity index (χ2v) is 8.81. The van der Waals surface area contributed by atoms with Crippen molar-refractivity contribution in [3.05, 3.63) is 29.8 Å². The van der Waals surface area contributed by atoms with Crippen molar-refractivity contribution in [2.24, 2.45) is 17.1 Å². The van der Waals surface area contributed by atoms with Gasteiger partial charge in [-0.3, -0.25) is 9.69 Å². The van der Waals surface area contributed by atoms with E-state index in [2.05, 4.69) is 22.3 Å². The molecule has 1 heterocycles. The Kier molecular flexibility index (Phi) is 12.1. The number of methoxy groups -OCH3 is 1. The maximum atomic E-state index is 12.5. The predicted molar refractivity (Wildman–Crippen MR) is 128 cm³/mol. The molecule has 2 fully saturated rings. The van der Waals surface area contributed by atoms with Gasteiger partial charge in [0.25, 0.3) is 0 Å². The molecule has 0 bridgehead atoms. The number of halogens is 2. The fraction of sp³-hybridized carbons (Fsp3) is 0.696. The molecule has 3 rings (SSSR count). The third-order valence-corrected chi connectivity index (χ3v) is 6.74. The molecule has 3 N–H and O–H groups in total. The number of nitrogens with zero attached hydrogens (tertiary/aromatic N) is 1. The number of hydrogen-bond donors (Lipinski definition) is 2. The average Bonchev–Trinajstić information content (AvgIpc) is 2.74. The molecule has 0 atom stereocenters. The van der Waals surface area contributed by atoms with Crippen molar-refractivity contribution in [1.82, 2.24) is 10.2 Å². The van der Waals surface area contributed by atoms with E-state index in [1.807, 2.05) is 12.1 Å². The largest absolute Gasteiger partial charge is 0.497 e.